The molecule has 232 valence electrons. The Morgan fingerprint density at radius 2 is 1.98 bits per heavy atom. The summed E-state index contributed by atoms with van der Waals surface area (Å²) in [6.07, 6.45) is 4.76. The molecule has 0 saturated carbocycles. The first-order valence-corrected chi connectivity index (χ1v) is 17.8. The highest BCUT2D eigenvalue weighted by molar-refractivity contribution is 6.74. The molecule has 12 heteroatoms. The number of morpholine rings is 1. The molecule has 1 atom stereocenters. The molecule has 1 saturated heterocycles. The molecule has 1 unspecified atom stereocenters. The number of nitrogens with zero attached hydrogens (tertiary/aromatic N) is 6. The summed E-state index contributed by atoms with van der Waals surface area (Å²) in [7, 11) is 2.00. The van der Waals surface area contributed by atoms with Crippen molar-refractivity contribution in [3.63, 3.8) is 0 Å². The van der Waals surface area contributed by atoms with Crippen molar-refractivity contribution in [1.29, 1.82) is 0 Å². The summed E-state index contributed by atoms with van der Waals surface area (Å²) < 4.78 is 29.1. The fourth-order valence-corrected chi connectivity index (χ4v) is 5.68. The molecule has 3 heterocycles. The van der Waals surface area contributed by atoms with Gasteiger partial charge in [0.25, 0.3) is 0 Å². The van der Waals surface area contributed by atoms with Crippen molar-refractivity contribution >= 4 is 37.6 Å². The molecule has 2 N–H and O–H groups in total. The standard InChI is InChI=1S/C30H49FN8O2Si/c1-21(19-41-42(8,9)30(3,4)5)32-18-23-24(31)11-10-12-25(23)35-28-22(2)34-29-26(33-20-37(6)7)17-27(36-39(28)29)38-13-15-40-16-14-38/h11,17,20-21,32,35H,10,12-16,18-19H2,1-9H3. The molecule has 2 aliphatic rings. The van der Waals surface area contributed by atoms with Gasteiger partial charge in [-0.3, -0.25) is 0 Å². The number of hydrogen-bond donors (Lipinski definition) is 2. The Hall–Kier alpha value is -2.80. The minimum absolute atomic E-state index is 0.0787. The fraction of sp³-hybridized carbons (Fsp3) is 0.633. The van der Waals surface area contributed by atoms with Crippen LogP contribution in [-0.4, -0.2) is 93.7 Å². The normalized spacial score (nSPS) is 17.8. The number of ether oxygens (including phenoxy) is 1. The molecule has 2 aromatic rings. The van der Waals surface area contributed by atoms with E-state index in [1.54, 1.807) is 12.4 Å². The zero-order valence-corrected chi connectivity index (χ0v) is 27.8. The zero-order valence-electron chi connectivity index (χ0n) is 26.8. The molecule has 0 spiro atoms. The molecular weight excluding hydrogens is 551 g/mol. The number of aryl methyl sites for hydroxylation is 1. The third-order valence-corrected chi connectivity index (χ3v) is 12.8. The molecule has 42 heavy (non-hydrogen) atoms. The summed E-state index contributed by atoms with van der Waals surface area (Å²) in [6, 6.07) is 2.05. The van der Waals surface area contributed by atoms with Gasteiger partial charge in [-0.25, -0.2) is 14.4 Å². The highest BCUT2D eigenvalue weighted by Gasteiger charge is 2.37. The average Bonchev–Trinajstić information content (AvgIpc) is 3.24. The lowest BCUT2D eigenvalue weighted by Gasteiger charge is -2.37. The Labute approximate surface area is 251 Å². The average molecular weight is 601 g/mol. The number of fused-ring (bicyclic) bond motifs is 1. The summed E-state index contributed by atoms with van der Waals surface area (Å²) in [6.45, 7) is 19.0. The predicted molar refractivity (Wildman–Crippen MR) is 172 cm³/mol. The van der Waals surface area contributed by atoms with Crippen molar-refractivity contribution in [3.8, 4) is 0 Å². The Kier molecular flexibility index (Phi) is 10.1. The Balaban J connectivity index is 1.62. The number of allylic oxidation sites excluding steroid dienone is 2. The van der Waals surface area contributed by atoms with Gasteiger partial charge in [0.2, 0.25) is 0 Å². The second-order valence-electron chi connectivity index (χ2n) is 13.0. The number of nitrogens with one attached hydrogen (secondary N) is 2. The smallest absolute Gasteiger partial charge is 0.192 e. The van der Waals surface area contributed by atoms with E-state index in [1.807, 2.05) is 36.5 Å². The van der Waals surface area contributed by atoms with Crippen LogP contribution in [-0.2, 0) is 9.16 Å². The van der Waals surface area contributed by atoms with Gasteiger partial charge >= 0.3 is 0 Å². The van der Waals surface area contributed by atoms with Crippen molar-refractivity contribution in [3.05, 3.63) is 34.9 Å². The molecule has 1 aliphatic heterocycles. The zero-order chi connectivity index (χ0) is 30.7. The highest BCUT2D eigenvalue weighted by Crippen LogP contribution is 2.37. The number of halogens is 1. The number of rotatable bonds is 11. The number of aliphatic imine (C=N–C) groups is 1. The maximum Gasteiger partial charge on any atom is 0.192 e. The Bertz CT molecular complexity index is 1340. The molecule has 2 aromatic heterocycles. The van der Waals surface area contributed by atoms with Crippen LogP contribution >= 0.6 is 0 Å². The van der Waals surface area contributed by atoms with Gasteiger partial charge in [-0.15, -0.1) is 5.10 Å². The number of anilines is 2. The van der Waals surface area contributed by atoms with E-state index >= 15 is 4.39 Å². The van der Waals surface area contributed by atoms with Gasteiger partial charge in [0, 0.05) is 63.7 Å². The van der Waals surface area contributed by atoms with E-state index in [4.69, 9.17) is 24.2 Å². The summed E-state index contributed by atoms with van der Waals surface area (Å²) in [5.74, 6) is 1.33. The van der Waals surface area contributed by atoms with Crippen molar-refractivity contribution in [2.75, 3.05) is 63.8 Å². The fourth-order valence-electron chi connectivity index (χ4n) is 4.58. The number of aromatic nitrogens is 3. The van der Waals surface area contributed by atoms with Gasteiger partial charge in [0.05, 0.1) is 25.2 Å². The molecule has 4 rings (SSSR count). The van der Waals surface area contributed by atoms with Gasteiger partial charge in [0.1, 0.15) is 11.5 Å². The summed E-state index contributed by atoms with van der Waals surface area (Å²) in [5, 5.41) is 12.2. The molecule has 10 nitrogen and oxygen atoms in total. The highest BCUT2D eigenvalue weighted by atomic mass is 28.4. The van der Waals surface area contributed by atoms with Crippen molar-refractivity contribution < 1.29 is 13.6 Å². The Morgan fingerprint density at radius 1 is 1.26 bits per heavy atom. The van der Waals surface area contributed by atoms with Crippen LogP contribution < -0.4 is 15.5 Å². The monoisotopic (exact) mass is 600 g/mol. The molecule has 0 bridgehead atoms. The minimum Gasteiger partial charge on any atom is -0.415 e. The molecule has 0 radical (unpaired) electrons. The minimum atomic E-state index is -1.86. The maximum absolute atomic E-state index is 15.3. The predicted octanol–water partition coefficient (Wildman–Crippen LogP) is 5.41. The van der Waals surface area contributed by atoms with E-state index < -0.39 is 8.32 Å². The van der Waals surface area contributed by atoms with Crippen molar-refractivity contribution in [2.45, 2.75) is 71.6 Å². The van der Waals surface area contributed by atoms with Gasteiger partial charge in [-0.2, -0.15) is 4.52 Å². The van der Waals surface area contributed by atoms with Crippen LogP contribution in [0.3, 0.4) is 0 Å². The van der Waals surface area contributed by atoms with Crippen LogP contribution in [0.25, 0.3) is 5.65 Å². The lowest BCUT2D eigenvalue weighted by molar-refractivity contribution is 0.122. The van der Waals surface area contributed by atoms with E-state index in [9.17, 15) is 0 Å². The molecule has 0 aromatic carbocycles. The molecule has 1 aliphatic carbocycles. The lowest BCUT2D eigenvalue weighted by Crippen LogP contribution is -2.44. The molecule has 1 fully saturated rings. The first-order valence-electron chi connectivity index (χ1n) is 14.9. The lowest BCUT2D eigenvalue weighted by atomic mass is 10.0. The third kappa shape index (κ3) is 7.58. The SMILES string of the molecule is Cc1nc2c(N=CN(C)C)cc(N3CCOCC3)nn2c1NC1=C(CNC(C)CO[Si](C)(C)C(C)(C)C)C(F)=CCC1. The second-order valence-corrected chi connectivity index (χ2v) is 17.8. The van der Waals surface area contributed by atoms with E-state index in [0.717, 1.165) is 41.8 Å². The number of hydrogen-bond acceptors (Lipinski definition) is 8. The molecular formula is C30H49FN8O2Si. The summed E-state index contributed by atoms with van der Waals surface area (Å²) in [4.78, 5) is 13.6. The topological polar surface area (TPSA) is 91.6 Å². The van der Waals surface area contributed by atoms with Crippen LogP contribution in [0.1, 0.15) is 46.2 Å². The van der Waals surface area contributed by atoms with Crippen LogP contribution in [0, 0.1) is 6.92 Å². The first-order chi connectivity index (χ1) is 19.8. The van der Waals surface area contributed by atoms with Gasteiger partial charge in [0.15, 0.2) is 25.6 Å². The summed E-state index contributed by atoms with van der Waals surface area (Å²) >= 11 is 0. The van der Waals surface area contributed by atoms with Crippen LogP contribution in [0.15, 0.2) is 34.2 Å². The van der Waals surface area contributed by atoms with Crippen LogP contribution in [0.2, 0.25) is 18.1 Å². The number of imidazole rings is 1. The first kappa shape index (κ1) is 32.1. The quantitative estimate of drug-likeness (QED) is 0.201. The van der Waals surface area contributed by atoms with E-state index in [0.29, 0.717) is 50.4 Å². The van der Waals surface area contributed by atoms with Crippen molar-refractivity contribution in [1.82, 2.24) is 24.8 Å². The second kappa shape index (κ2) is 13.2. The van der Waals surface area contributed by atoms with Crippen LogP contribution in [0.5, 0.6) is 0 Å². The largest absolute Gasteiger partial charge is 0.415 e. The van der Waals surface area contributed by atoms with Crippen molar-refractivity contribution in [2.24, 2.45) is 4.99 Å². The van der Waals surface area contributed by atoms with E-state index in [-0.39, 0.29) is 16.9 Å². The van der Waals surface area contributed by atoms with E-state index in [1.165, 1.54) is 0 Å². The third-order valence-electron chi connectivity index (χ3n) is 8.26. The van der Waals surface area contributed by atoms with Gasteiger partial charge < -0.3 is 29.6 Å². The summed E-state index contributed by atoms with van der Waals surface area (Å²) in [5.41, 5.74) is 3.60. The van der Waals surface area contributed by atoms with Gasteiger partial charge in [-0.1, -0.05) is 20.8 Å². The van der Waals surface area contributed by atoms with E-state index in [2.05, 4.69) is 56.3 Å². The van der Waals surface area contributed by atoms with Gasteiger partial charge in [-0.05, 0) is 50.9 Å². The maximum atomic E-state index is 15.3. The Morgan fingerprint density at radius 3 is 2.64 bits per heavy atom. The molecule has 0 amide bonds. The van der Waals surface area contributed by atoms with Crippen LogP contribution in [0.4, 0.5) is 21.7 Å².